The highest BCUT2D eigenvalue weighted by atomic mass is 19.4. The summed E-state index contributed by atoms with van der Waals surface area (Å²) >= 11 is 0. The normalized spacial score (nSPS) is 21.7. The van der Waals surface area contributed by atoms with Crippen molar-refractivity contribution in [3.8, 4) is 0 Å². The number of nitrogens with zero attached hydrogens (tertiary/aromatic N) is 1. The number of rotatable bonds is 3. The van der Waals surface area contributed by atoms with Gasteiger partial charge in [-0.05, 0) is 0 Å². The van der Waals surface area contributed by atoms with E-state index in [1.807, 2.05) is 0 Å². The van der Waals surface area contributed by atoms with Gasteiger partial charge in [-0.15, -0.1) is 0 Å². The highest BCUT2D eigenvalue weighted by molar-refractivity contribution is 6.16. The maximum atomic E-state index is 13.3. The van der Waals surface area contributed by atoms with Gasteiger partial charge < -0.3 is 10.6 Å². The second kappa shape index (κ2) is 5.19. The second-order valence-corrected chi connectivity index (χ2v) is 4.39. The quantitative estimate of drug-likeness (QED) is 0.884. The van der Waals surface area contributed by atoms with Gasteiger partial charge >= 0.3 is 11.8 Å². The number of benzene rings is 1. The van der Waals surface area contributed by atoms with Crippen LogP contribution in [0.4, 0.5) is 13.2 Å². The van der Waals surface area contributed by atoms with Gasteiger partial charge in [0.2, 0.25) is 5.91 Å². The van der Waals surface area contributed by atoms with Gasteiger partial charge in [-0.25, -0.2) is 4.99 Å². The Morgan fingerprint density at radius 1 is 1.33 bits per heavy atom. The van der Waals surface area contributed by atoms with E-state index in [-0.39, 0.29) is 12.3 Å². The van der Waals surface area contributed by atoms with E-state index in [1.54, 1.807) is 23.5 Å². The Morgan fingerprint density at radius 3 is 2.48 bits per heavy atom. The van der Waals surface area contributed by atoms with Gasteiger partial charge in [0.05, 0.1) is 0 Å². The number of hydrogen-bond acceptors (Lipinski definition) is 3. The average Bonchev–Trinajstić information content (AvgIpc) is 2.78. The number of hydrogen-bond donors (Lipinski definition) is 2. The van der Waals surface area contributed by atoms with Crippen LogP contribution in [0.3, 0.4) is 0 Å². The molecule has 0 saturated carbocycles. The third kappa shape index (κ3) is 2.61. The van der Waals surface area contributed by atoms with Crippen LogP contribution in [0.2, 0.25) is 0 Å². The molecule has 2 amide bonds. The predicted octanol–water partition coefficient (Wildman–Crippen LogP) is 1.35. The van der Waals surface area contributed by atoms with Crippen molar-refractivity contribution in [2.75, 3.05) is 0 Å². The van der Waals surface area contributed by atoms with Crippen LogP contribution in [0, 0.1) is 0 Å². The third-order valence-electron chi connectivity index (χ3n) is 2.94. The van der Waals surface area contributed by atoms with E-state index in [9.17, 15) is 22.8 Å². The molecule has 8 heteroatoms. The number of alkyl halides is 3. The lowest BCUT2D eigenvalue weighted by molar-refractivity contribution is -0.196. The highest BCUT2D eigenvalue weighted by Crippen LogP contribution is 2.35. The van der Waals surface area contributed by atoms with Gasteiger partial charge in [-0.3, -0.25) is 9.59 Å². The second-order valence-electron chi connectivity index (χ2n) is 4.39. The fourth-order valence-electron chi connectivity index (χ4n) is 1.82. The molecular formula is C13H12F3N3O2. The van der Waals surface area contributed by atoms with E-state index in [0.717, 1.165) is 0 Å². The maximum Gasteiger partial charge on any atom is 0.442 e. The Hall–Kier alpha value is -2.38. The molecule has 2 N–H and O–H groups in total. The van der Waals surface area contributed by atoms with Gasteiger partial charge in [0.15, 0.2) is 0 Å². The van der Waals surface area contributed by atoms with Crippen LogP contribution in [0.25, 0.3) is 0 Å². The number of amidine groups is 1. The number of amides is 2. The standard InChI is InChI=1S/C13H12F3N3O2/c1-2-9(20)18-12(13(14,15)16)11(21)17-10(19-12)8-6-4-3-5-7-8/h3-7H,2H2,1H3,(H,18,20)(H,17,19,21). The number of aliphatic imine (C=N–C) groups is 1. The molecule has 0 fully saturated rings. The van der Waals surface area contributed by atoms with Crippen LogP contribution in [-0.2, 0) is 9.59 Å². The lowest BCUT2D eigenvalue weighted by Gasteiger charge is -2.26. The number of carbonyl (C=O) groups excluding carboxylic acids is 2. The topological polar surface area (TPSA) is 70.6 Å². The van der Waals surface area contributed by atoms with Crippen molar-refractivity contribution in [2.45, 2.75) is 25.2 Å². The summed E-state index contributed by atoms with van der Waals surface area (Å²) in [4.78, 5) is 26.6. The Morgan fingerprint density at radius 2 is 1.95 bits per heavy atom. The summed E-state index contributed by atoms with van der Waals surface area (Å²) in [5, 5.41) is 3.74. The first-order valence-electron chi connectivity index (χ1n) is 6.14. The SMILES string of the molecule is CCC(=O)NC1(C(F)(F)F)N=C(c2ccccc2)NC1=O. The molecule has 1 aromatic carbocycles. The van der Waals surface area contributed by atoms with Crippen molar-refractivity contribution in [1.82, 2.24) is 10.6 Å². The van der Waals surface area contributed by atoms with Crippen molar-refractivity contribution in [3.05, 3.63) is 35.9 Å². The molecule has 1 aliphatic rings. The fourth-order valence-corrected chi connectivity index (χ4v) is 1.82. The van der Waals surface area contributed by atoms with Crippen LogP contribution in [0.1, 0.15) is 18.9 Å². The molecular weight excluding hydrogens is 287 g/mol. The molecule has 5 nitrogen and oxygen atoms in total. The van der Waals surface area contributed by atoms with Crippen LogP contribution < -0.4 is 10.6 Å². The minimum atomic E-state index is -5.04. The molecule has 2 rings (SSSR count). The zero-order valence-electron chi connectivity index (χ0n) is 11.0. The summed E-state index contributed by atoms with van der Waals surface area (Å²) in [7, 11) is 0. The zero-order valence-corrected chi connectivity index (χ0v) is 11.0. The molecule has 1 aliphatic heterocycles. The minimum Gasteiger partial charge on any atom is -0.316 e. The van der Waals surface area contributed by atoms with Crippen LogP contribution in [-0.4, -0.2) is 29.5 Å². The van der Waals surface area contributed by atoms with Crippen LogP contribution in [0.5, 0.6) is 0 Å². The number of halogens is 3. The van der Waals surface area contributed by atoms with E-state index in [2.05, 4.69) is 10.3 Å². The van der Waals surface area contributed by atoms with E-state index in [0.29, 0.717) is 5.56 Å². The Kier molecular flexibility index (Phi) is 3.71. The van der Waals surface area contributed by atoms with Gasteiger partial charge in [0.1, 0.15) is 5.84 Å². The lowest BCUT2D eigenvalue weighted by atomic mass is 10.1. The molecule has 112 valence electrons. The molecule has 0 bridgehead atoms. The summed E-state index contributed by atoms with van der Waals surface area (Å²) < 4.78 is 39.8. The van der Waals surface area contributed by atoms with Crippen molar-refractivity contribution in [1.29, 1.82) is 0 Å². The molecule has 0 aliphatic carbocycles. The molecule has 1 unspecified atom stereocenters. The molecule has 1 atom stereocenters. The highest BCUT2D eigenvalue weighted by Gasteiger charge is 2.64. The van der Waals surface area contributed by atoms with Crippen LogP contribution in [0.15, 0.2) is 35.3 Å². The minimum absolute atomic E-state index is 0.193. The monoisotopic (exact) mass is 299 g/mol. The van der Waals surface area contributed by atoms with E-state index < -0.39 is 23.7 Å². The summed E-state index contributed by atoms with van der Waals surface area (Å²) in [5.41, 5.74) is -2.95. The first kappa shape index (κ1) is 15.0. The Balaban J connectivity index is 2.48. The van der Waals surface area contributed by atoms with Gasteiger partial charge in [-0.2, -0.15) is 13.2 Å². The fraction of sp³-hybridized carbons (Fsp3) is 0.308. The first-order chi connectivity index (χ1) is 9.80. The van der Waals surface area contributed by atoms with Crippen molar-refractivity contribution in [3.63, 3.8) is 0 Å². The molecule has 1 aromatic rings. The largest absolute Gasteiger partial charge is 0.442 e. The summed E-state index contributed by atoms with van der Waals surface area (Å²) in [6.07, 6.45) is -5.24. The van der Waals surface area contributed by atoms with Gasteiger partial charge in [0.25, 0.3) is 5.91 Å². The van der Waals surface area contributed by atoms with Crippen molar-refractivity contribution < 1.29 is 22.8 Å². The molecule has 0 aromatic heterocycles. The van der Waals surface area contributed by atoms with Gasteiger partial charge in [-0.1, -0.05) is 37.3 Å². The summed E-state index contributed by atoms with van der Waals surface area (Å²) in [6, 6.07) is 7.89. The lowest BCUT2D eigenvalue weighted by Crippen LogP contribution is -2.62. The Bertz CT molecular complexity index is 598. The number of nitrogens with one attached hydrogen (secondary N) is 2. The molecule has 0 saturated heterocycles. The molecule has 0 radical (unpaired) electrons. The van der Waals surface area contributed by atoms with Crippen molar-refractivity contribution in [2.24, 2.45) is 4.99 Å². The van der Waals surface area contributed by atoms with E-state index in [4.69, 9.17) is 0 Å². The summed E-state index contributed by atoms with van der Waals surface area (Å²) in [5.74, 6) is -2.56. The summed E-state index contributed by atoms with van der Waals surface area (Å²) in [6.45, 7) is 1.38. The maximum absolute atomic E-state index is 13.3. The molecule has 0 spiro atoms. The van der Waals surface area contributed by atoms with Crippen LogP contribution >= 0.6 is 0 Å². The third-order valence-corrected chi connectivity index (χ3v) is 2.94. The van der Waals surface area contributed by atoms with E-state index in [1.165, 1.54) is 19.1 Å². The van der Waals surface area contributed by atoms with Gasteiger partial charge in [0, 0.05) is 12.0 Å². The Labute approximate surface area is 118 Å². The van der Waals surface area contributed by atoms with Crippen molar-refractivity contribution >= 4 is 17.6 Å². The molecule has 1 heterocycles. The first-order valence-corrected chi connectivity index (χ1v) is 6.14. The molecule has 21 heavy (non-hydrogen) atoms. The average molecular weight is 299 g/mol. The number of carbonyl (C=O) groups is 2. The zero-order chi connectivity index (χ0) is 15.7. The smallest absolute Gasteiger partial charge is 0.316 e. The van der Waals surface area contributed by atoms with E-state index >= 15 is 0 Å². The predicted molar refractivity (Wildman–Crippen MR) is 68.3 cm³/mol.